The van der Waals surface area contributed by atoms with Gasteiger partial charge < -0.3 is 15.5 Å². The molecule has 1 saturated carbocycles. The summed E-state index contributed by atoms with van der Waals surface area (Å²) in [5, 5.41) is 21.8. The molecule has 0 atom stereocenters. The van der Waals surface area contributed by atoms with Crippen molar-refractivity contribution < 1.29 is 10.2 Å². The van der Waals surface area contributed by atoms with Gasteiger partial charge in [-0.05, 0) is 38.5 Å². The largest absolute Gasteiger partial charge is 0.394 e. The van der Waals surface area contributed by atoms with Gasteiger partial charge in [-0.25, -0.2) is 0 Å². The molecule has 0 aromatic carbocycles. The molecule has 1 aliphatic carbocycles. The van der Waals surface area contributed by atoms with Crippen molar-refractivity contribution in [1.29, 1.82) is 0 Å². The number of nitrogens with one attached hydrogen (secondary N) is 1. The lowest BCUT2D eigenvalue weighted by Crippen LogP contribution is -2.54. The quantitative estimate of drug-likeness (QED) is 0.648. The Morgan fingerprint density at radius 2 is 1.67 bits per heavy atom. The maximum atomic E-state index is 9.19. The zero-order valence-electron chi connectivity index (χ0n) is 10.00. The molecule has 0 aromatic rings. The van der Waals surface area contributed by atoms with Crippen LogP contribution >= 0.6 is 0 Å². The predicted octanol–water partition coefficient (Wildman–Crippen LogP) is 1.29. The van der Waals surface area contributed by atoms with E-state index in [-0.39, 0.29) is 13.2 Å². The normalized spacial score (nSPS) is 28.0. The highest BCUT2D eigenvalue weighted by molar-refractivity contribution is 4.87. The molecule has 0 bridgehead atoms. The summed E-state index contributed by atoms with van der Waals surface area (Å²) in [6, 6.07) is 0.470. The lowest BCUT2D eigenvalue weighted by molar-refractivity contribution is 0.0851. The zero-order valence-corrected chi connectivity index (χ0v) is 10.00. The second kappa shape index (κ2) is 5.83. The molecule has 3 nitrogen and oxygen atoms in total. The van der Waals surface area contributed by atoms with E-state index in [1.165, 1.54) is 32.1 Å². The van der Waals surface area contributed by atoms with E-state index in [0.717, 1.165) is 5.92 Å². The Hall–Kier alpha value is -0.120. The third kappa shape index (κ3) is 3.74. The molecule has 3 N–H and O–H groups in total. The smallest absolute Gasteiger partial charge is 0.0633 e. The summed E-state index contributed by atoms with van der Waals surface area (Å²) < 4.78 is 0. The van der Waals surface area contributed by atoms with Crippen molar-refractivity contribution in [2.45, 2.75) is 57.5 Å². The SMILES string of the molecule is CCC1CCC(NC(C)(CO)CO)CC1. The van der Waals surface area contributed by atoms with Gasteiger partial charge in [0.1, 0.15) is 0 Å². The first-order chi connectivity index (χ1) is 7.13. The van der Waals surface area contributed by atoms with E-state index in [4.69, 9.17) is 0 Å². The highest BCUT2D eigenvalue weighted by atomic mass is 16.3. The second-order valence-electron chi connectivity index (χ2n) is 5.15. The number of aliphatic hydroxyl groups is 2. The molecule has 1 fully saturated rings. The van der Waals surface area contributed by atoms with Crippen LogP contribution in [0.5, 0.6) is 0 Å². The van der Waals surface area contributed by atoms with E-state index < -0.39 is 5.54 Å². The van der Waals surface area contributed by atoms with Crippen LogP contribution in [0.1, 0.15) is 46.0 Å². The molecule has 0 aliphatic heterocycles. The molecule has 1 aliphatic rings. The van der Waals surface area contributed by atoms with Crippen LogP contribution in [-0.2, 0) is 0 Å². The molecule has 0 radical (unpaired) electrons. The molecule has 0 saturated heterocycles. The Labute approximate surface area is 92.9 Å². The van der Waals surface area contributed by atoms with Gasteiger partial charge in [0.05, 0.1) is 18.8 Å². The van der Waals surface area contributed by atoms with Crippen LogP contribution in [0, 0.1) is 5.92 Å². The van der Waals surface area contributed by atoms with Gasteiger partial charge in [-0.2, -0.15) is 0 Å². The van der Waals surface area contributed by atoms with Gasteiger partial charge in [0.2, 0.25) is 0 Å². The molecule has 0 aromatic heterocycles. The minimum atomic E-state index is -0.510. The van der Waals surface area contributed by atoms with E-state index in [2.05, 4.69) is 12.2 Å². The molecular formula is C12H25NO2. The van der Waals surface area contributed by atoms with Crippen LogP contribution in [0.2, 0.25) is 0 Å². The zero-order chi connectivity index (χ0) is 11.3. The maximum Gasteiger partial charge on any atom is 0.0633 e. The maximum absolute atomic E-state index is 9.19. The number of hydrogen-bond acceptors (Lipinski definition) is 3. The first-order valence-corrected chi connectivity index (χ1v) is 6.13. The molecule has 15 heavy (non-hydrogen) atoms. The Bertz CT molecular complexity index is 172. The van der Waals surface area contributed by atoms with Crippen LogP contribution in [0.25, 0.3) is 0 Å². The minimum Gasteiger partial charge on any atom is -0.394 e. The number of hydrogen-bond donors (Lipinski definition) is 3. The topological polar surface area (TPSA) is 52.5 Å². The van der Waals surface area contributed by atoms with E-state index >= 15 is 0 Å². The Morgan fingerprint density at radius 3 is 2.07 bits per heavy atom. The highest BCUT2D eigenvalue weighted by Crippen LogP contribution is 2.27. The molecule has 1 rings (SSSR count). The molecule has 0 unspecified atom stereocenters. The van der Waals surface area contributed by atoms with Gasteiger partial charge in [-0.15, -0.1) is 0 Å². The fraction of sp³-hybridized carbons (Fsp3) is 1.00. The molecule has 0 spiro atoms. The van der Waals surface area contributed by atoms with Crippen molar-refractivity contribution in [1.82, 2.24) is 5.32 Å². The van der Waals surface area contributed by atoms with Crippen molar-refractivity contribution in [2.24, 2.45) is 5.92 Å². The summed E-state index contributed by atoms with van der Waals surface area (Å²) in [6.07, 6.45) is 6.19. The average Bonchev–Trinajstić information content (AvgIpc) is 2.30. The minimum absolute atomic E-state index is 0.00277. The molecule has 3 heteroatoms. The third-order valence-corrected chi connectivity index (χ3v) is 3.67. The predicted molar refractivity (Wildman–Crippen MR) is 61.7 cm³/mol. The Morgan fingerprint density at radius 1 is 1.13 bits per heavy atom. The highest BCUT2D eigenvalue weighted by Gasteiger charge is 2.28. The van der Waals surface area contributed by atoms with Gasteiger partial charge in [-0.3, -0.25) is 0 Å². The standard InChI is InChI=1S/C12H25NO2/c1-3-10-4-6-11(7-5-10)13-12(2,8-14)9-15/h10-11,13-15H,3-9H2,1-2H3. The summed E-state index contributed by atoms with van der Waals surface area (Å²) >= 11 is 0. The van der Waals surface area contributed by atoms with Gasteiger partial charge in [0.25, 0.3) is 0 Å². The van der Waals surface area contributed by atoms with Gasteiger partial charge in [0.15, 0.2) is 0 Å². The third-order valence-electron chi connectivity index (χ3n) is 3.67. The van der Waals surface area contributed by atoms with Gasteiger partial charge in [-0.1, -0.05) is 13.3 Å². The van der Waals surface area contributed by atoms with Crippen molar-refractivity contribution in [3.8, 4) is 0 Å². The van der Waals surface area contributed by atoms with Crippen molar-refractivity contribution in [3.05, 3.63) is 0 Å². The van der Waals surface area contributed by atoms with E-state index in [9.17, 15) is 10.2 Å². The number of aliphatic hydroxyl groups excluding tert-OH is 2. The number of rotatable bonds is 5. The van der Waals surface area contributed by atoms with Crippen LogP contribution in [0.15, 0.2) is 0 Å². The first kappa shape index (κ1) is 12.9. The molecule has 90 valence electrons. The molecular weight excluding hydrogens is 190 g/mol. The van der Waals surface area contributed by atoms with Crippen LogP contribution in [0.3, 0.4) is 0 Å². The second-order valence-corrected chi connectivity index (χ2v) is 5.15. The van der Waals surface area contributed by atoms with Gasteiger partial charge >= 0.3 is 0 Å². The summed E-state index contributed by atoms with van der Waals surface area (Å²) in [5.41, 5.74) is -0.510. The summed E-state index contributed by atoms with van der Waals surface area (Å²) in [6.45, 7) is 4.12. The molecule has 0 amide bonds. The van der Waals surface area contributed by atoms with E-state index in [1.807, 2.05) is 6.92 Å². The fourth-order valence-corrected chi connectivity index (χ4v) is 2.35. The van der Waals surface area contributed by atoms with Gasteiger partial charge in [0, 0.05) is 6.04 Å². The fourth-order valence-electron chi connectivity index (χ4n) is 2.35. The Kier molecular flexibility index (Phi) is 5.03. The Balaban J connectivity index is 2.34. The summed E-state index contributed by atoms with van der Waals surface area (Å²) in [7, 11) is 0. The molecule has 0 heterocycles. The van der Waals surface area contributed by atoms with Crippen LogP contribution < -0.4 is 5.32 Å². The lowest BCUT2D eigenvalue weighted by Gasteiger charge is -2.36. The van der Waals surface area contributed by atoms with Crippen molar-refractivity contribution >= 4 is 0 Å². The van der Waals surface area contributed by atoms with Crippen molar-refractivity contribution in [3.63, 3.8) is 0 Å². The van der Waals surface area contributed by atoms with Crippen molar-refractivity contribution in [2.75, 3.05) is 13.2 Å². The summed E-state index contributed by atoms with van der Waals surface area (Å²) in [5.74, 6) is 0.887. The van der Waals surface area contributed by atoms with E-state index in [1.54, 1.807) is 0 Å². The summed E-state index contributed by atoms with van der Waals surface area (Å²) in [4.78, 5) is 0. The van der Waals surface area contributed by atoms with E-state index in [0.29, 0.717) is 6.04 Å². The monoisotopic (exact) mass is 215 g/mol. The first-order valence-electron chi connectivity index (χ1n) is 6.13. The van der Waals surface area contributed by atoms with Crippen LogP contribution in [0.4, 0.5) is 0 Å². The average molecular weight is 215 g/mol. The van der Waals surface area contributed by atoms with Crippen LogP contribution in [-0.4, -0.2) is 35.0 Å². The lowest BCUT2D eigenvalue weighted by atomic mass is 9.83.